The van der Waals surface area contributed by atoms with Crippen LogP contribution in [0.3, 0.4) is 0 Å². The fourth-order valence-corrected chi connectivity index (χ4v) is 0.893. The Labute approximate surface area is 70.2 Å². The molecular formula is C9H21NO. The molecule has 2 nitrogen and oxygen atoms in total. The highest BCUT2D eigenvalue weighted by molar-refractivity contribution is 4.75. The number of hydrogen-bond acceptors (Lipinski definition) is 2. The van der Waals surface area contributed by atoms with E-state index in [1.165, 1.54) is 5.06 Å². The first-order valence-corrected chi connectivity index (χ1v) is 4.25. The predicted octanol–water partition coefficient (Wildman–Crippen LogP) is 2.52. The molecule has 0 saturated heterocycles. The molecule has 0 aromatic rings. The molecule has 0 spiro atoms. The molecule has 0 bridgehead atoms. The van der Waals surface area contributed by atoms with Crippen LogP contribution in [0.5, 0.6) is 0 Å². The third-order valence-corrected chi connectivity index (χ3v) is 2.04. The number of rotatable bonds is 2. The lowest BCUT2D eigenvalue weighted by molar-refractivity contribution is -0.191. The van der Waals surface area contributed by atoms with E-state index in [0.717, 1.165) is 0 Å². The smallest absolute Gasteiger partial charge is 0.0379 e. The van der Waals surface area contributed by atoms with E-state index in [9.17, 15) is 5.21 Å². The van der Waals surface area contributed by atoms with Crippen molar-refractivity contribution in [1.82, 2.24) is 5.06 Å². The van der Waals surface area contributed by atoms with Crippen LogP contribution in [0.2, 0.25) is 0 Å². The van der Waals surface area contributed by atoms with Gasteiger partial charge in [-0.15, -0.1) is 0 Å². The minimum absolute atomic E-state index is 0.149. The number of hydroxylamine groups is 2. The summed E-state index contributed by atoms with van der Waals surface area (Å²) in [4.78, 5) is 0. The van der Waals surface area contributed by atoms with Gasteiger partial charge in [0.05, 0.1) is 0 Å². The zero-order valence-electron chi connectivity index (χ0n) is 8.55. The maximum atomic E-state index is 9.66. The van der Waals surface area contributed by atoms with Crippen molar-refractivity contribution < 1.29 is 5.21 Å². The highest BCUT2D eigenvalue weighted by Crippen LogP contribution is 2.18. The second kappa shape index (κ2) is 3.55. The van der Waals surface area contributed by atoms with Crippen LogP contribution >= 0.6 is 0 Å². The summed E-state index contributed by atoms with van der Waals surface area (Å²) in [5.74, 6) is 0.485. The first kappa shape index (κ1) is 10.9. The zero-order valence-corrected chi connectivity index (χ0v) is 8.55. The van der Waals surface area contributed by atoms with Crippen LogP contribution in [0.25, 0.3) is 0 Å². The minimum Gasteiger partial charge on any atom is -0.313 e. The topological polar surface area (TPSA) is 23.5 Å². The van der Waals surface area contributed by atoms with E-state index in [4.69, 9.17) is 0 Å². The lowest BCUT2D eigenvalue weighted by Crippen LogP contribution is -2.46. The molecule has 0 fully saturated rings. The van der Waals surface area contributed by atoms with Gasteiger partial charge >= 0.3 is 0 Å². The first-order chi connectivity index (χ1) is 4.76. The van der Waals surface area contributed by atoms with E-state index in [0.29, 0.717) is 5.92 Å². The molecule has 0 rings (SSSR count). The highest BCUT2D eigenvalue weighted by Gasteiger charge is 2.25. The van der Waals surface area contributed by atoms with Gasteiger partial charge in [0.15, 0.2) is 0 Å². The molecule has 11 heavy (non-hydrogen) atoms. The van der Waals surface area contributed by atoms with Crippen LogP contribution in [0.4, 0.5) is 0 Å². The van der Waals surface area contributed by atoms with Crippen LogP contribution in [0.1, 0.15) is 41.5 Å². The molecule has 0 aromatic carbocycles. The van der Waals surface area contributed by atoms with Crippen LogP contribution in [-0.2, 0) is 0 Å². The molecule has 0 heterocycles. The van der Waals surface area contributed by atoms with Gasteiger partial charge in [-0.2, -0.15) is 5.06 Å². The molecule has 0 aliphatic rings. The Morgan fingerprint density at radius 2 is 1.45 bits per heavy atom. The van der Waals surface area contributed by atoms with E-state index in [2.05, 4.69) is 13.8 Å². The lowest BCUT2D eigenvalue weighted by atomic mass is 10.0. The summed E-state index contributed by atoms with van der Waals surface area (Å²) in [5, 5.41) is 11.1. The predicted molar refractivity (Wildman–Crippen MR) is 47.7 cm³/mol. The van der Waals surface area contributed by atoms with E-state index in [1.807, 2.05) is 27.7 Å². The van der Waals surface area contributed by atoms with Crippen molar-refractivity contribution in [2.45, 2.75) is 53.1 Å². The van der Waals surface area contributed by atoms with Crippen molar-refractivity contribution in [1.29, 1.82) is 0 Å². The lowest BCUT2D eigenvalue weighted by Gasteiger charge is -2.36. The van der Waals surface area contributed by atoms with Gasteiger partial charge in [0.2, 0.25) is 0 Å². The molecule has 1 N–H and O–H groups in total. The van der Waals surface area contributed by atoms with Crippen molar-refractivity contribution in [3.8, 4) is 0 Å². The van der Waals surface area contributed by atoms with Crippen molar-refractivity contribution in [3.63, 3.8) is 0 Å². The van der Waals surface area contributed by atoms with Gasteiger partial charge in [0.25, 0.3) is 0 Å². The summed E-state index contributed by atoms with van der Waals surface area (Å²) in [6.07, 6.45) is 0. The monoisotopic (exact) mass is 159 g/mol. The molecular weight excluding hydrogens is 138 g/mol. The van der Waals surface area contributed by atoms with Crippen LogP contribution in [0, 0.1) is 5.92 Å². The van der Waals surface area contributed by atoms with E-state index in [1.54, 1.807) is 0 Å². The number of hydrogen-bond donors (Lipinski definition) is 1. The van der Waals surface area contributed by atoms with Crippen molar-refractivity contribution in [3.05, 3.63) is 0 Å². The molecule has 0 saturated carbocycles. The average molecular weight is 159 g/mol. The number of nitrogens with zero attached hydrogens (tertiary/aromatic N) is 1. The Kier molecular flexibility index (Phi) is 3.52. The molecule has 0 aliphatic heterocycles. The maximum absolute atomic E-state index is 9.66. The first-order valence-electron chi connectivity index (χ1n) is 4.25. The second-order valence-corrected chi connectivity index (χ2v) is 4.50. The summed E-state index contributed by atoms with van der Waals surface area (Å²) in [6.45, 7) is 12.3. The summed E-state index contributed by atoms with van der Waals surface area (Å²) < 4.78 is 0. The summed E-state index contributed by atoms with van der Waals surface area (Å²) in [6, 6.07) is 0.218. The second-order valence-electron chi connectivity index (χ2n) is 4.50. The summed E-state index contributed by atoms with van der Waals surface area (Å²) in [7, 11) is 0. The average Bonchev–Trinajstić information content (AvgIpc) is 1.82. The molecule has 0 aromatic heterocycles. The van der Waals surface area contributed by atoms with E-state index in [-0.39, 0.29) is 11.6 Å². The largest absolute Gasteiger partial charge is 0.313 e. The Morgan fingerprint density at radius 3 is 1.55 bits per heavy atom. The molecule has 1 atom stereocenters. The zero-order chi connectivity index (χ0) is 9.23. The van der Waals surface area contributed by atoms with Gasteiger partial charge in [-0.1, -0.05) is 13.8 Å². The Bertz CT molecular complexity index is 115. The van der Waals surface area contributed by atoms with Gasteiger partial charge < -0.3 is 5.21 Å². The van der Waals surface area contributed by atoms with Crippen molar-refractivity contribution in [2.24, 2.45) is 5.92 Å². The molecule has 0 amide bonds. The third kappa shape index (κ3) is 3.21. The Balaban J connectivity index is 4.13. The highest BCUT2D eigenvalue weighted by atomic mass is 16.5. The standard InChI is InChI=1S/C9H21NO/c1-7(2)8(3)10(11)9(4,5)6/h7-8,11H,1-6H3. The van der Waals surface area contributed by atoms with Crippen molar-refractivity contribution in [2.75, 3.05) is 0 Å². The van der Waals surface area contributed by atoms with Gasteiger partial charge in [-0.3, -0.25) is 0 Å². The quantitative estimate of drug-likeness (QED) is 0.626. The fraction of sp³-hybridized carbons (Fsp3) is 1.00. The minimum atomic E-state index is -0.149. The fourth-order valence-electron chi connectivity index (χ4n) is 0.893. The van der Waals surface area contributed by atoms with Gasteiger partial charge in [-0.05, 0) is 33.6 Å². The van der Waals surface area contributed by atoms with Crippen LogP contribution < -0.4 is 0 Å². The van der Waals surface area contributed by atoms with Crippen LogP contribution in [-0.4, -0.2) is 21.9 Å². The SMILES string of the molecule is CC(C)C(C)N(O)C(C)(C)C. The Morgan fingerprint density at radius 1 is 1.09 bits per heavy atom. The van der Waals surface area contributed by atoms with Gasteiger partial charge in [0, 0.05) is 11.6 Å². The van der Waals surface area contributed by atoms with E-state index >= 15 is 0 Å². The van der Waals surface area contributed by atoms with E-state index < -0.39 is 0 Å². The third-order valence-electron chi connectivity index (χ3n) is 2.04. The molecule has 2 heteroatoms. The van der Waals surface area contributed by atoms with Crippen LogP contribution in [0.15, 0.2) is 0 Å². The molecule has 1 unspecified atom stereocenters. The summed E-state index contributed by atoms with van der Waals surface area (Å²) in [5.41, 5.74) is -0.149. The van der Waals surface area contributed by atoms with Gasteiger partial charge in [0.1, 0.15) is 0 Å². The summed E-state index contributed by atoms with van der Waals surface area (Å²) >= 11 is 0. The molecule has 68 valence electrons. The molecule has 0 aliphatic carbocycles. The normalized spacial score (nSPS) is 16.1. The molecule has 0 radical (unpaired) electrons. The Hall–Kier alpha value is -0.0800. The van der Waals surface area contributed by atoms with Crippen molar-refractivity contribution >= 4 is 0 Å². The van der Waals surface area contributed by atoms with Gasteiger partial charge in [-0.25, -0.2) is 0 Å². The maximum Gasteiger partial charge on any atom is 0.0379 e.